The molecule has 24 heavy (non-hydrogen) atoms. The highest BCUT2D eigenvalue weighted by Crippen LogP contribution is 2.31. The van der Waals surface area contributed by atoms with Crippen molar-refractivity contribution in [3.8, 4) is 0 Å². The average Bonchev–Trinajstić information content (AvgIpc) is 2.62. The summed E-state index contributed by atoms with van der Waals surface area (Å²) < 4.78 is 0. The fourth-order valence-corrected chi connectivity index (χ4v) is 3.05. The molecule has 0 amide bonds. The van der Waals surface area contributed by atoms with Gasteiger partial charge in [-0.15, -0.1) is 0 Å². The van der Waals surface area contributed by atoms with Crippen molar-refractivity contribution in [3.63, 3.8) is 0 Å². The van der Waals surface area contributed by atoms with Gasteiger partial charge in [-0.1, -0.05) is 66.7 Å². The van der Waals surface area contributed by atoms with Crippen molar-refractivity contribution < 1.29 is 5.11 Å². The number of aliphatic hydroxyl groups is 1. The topological polar surface area (TPSA) is 45.1 Å². The molecule has 3 heteroatoms. The van der Waals surface area contributed by atoms with Gasteiger partial charge in [-0.2, -0.15) is 0 Å². The van der Waals surface area contributed by atoms with Crippen LogP contribution in [-0.4, -0.2) is 16.3 Å². The molecule has 0 fully saturated rings. The van der Waals surface area contributed by atoms with E-state index in [1.807, 2.05) is 78.9 Å². The van der Waals surface area contributed by atoms with Gasteiger partial charge >= 0.3 is 0 Å². The normalized spacial score (nSPS) is 12.4. The van der Waals surface area contributed by atoms with E-state index in [1.165, 1.54) is 0 Å². The lowest BCUT2D eigenvalue weighted by atomic mass is 10.1. The van der Waals surface area contributed by atoms with E-state index in [2.05, 4.69) is 5.32 Å². The first-order valence-corrected chi connectivity index (χ1v) is 8.07. The molecule has 0 radical (unpaired) electrons. The van der Waals surface area contributed by atoms with E-state index in [4.69, 9.17) is 4.98 Å². The number of hydrogen-bond donors (Lipinski definition) is 2. The summed E-state index contributed by atoms with van der Waals surface area (Å²) in [5, 5.41) is 15.9. The molecule has 4 rings (SSSR count). The van der Waals surface area contributed by atoms with Gasteiger partial charge in [0.05, 0.1) is 16.7 Å². The first kappa shape index (κ1) is 14.7. The molecule has 1 atom stereocenters. The second-order valence-electron chi connectivity index (χ2n) is 5.87. The Bertz CT molecular complexity index is 929. The zero-order chi connectivity index (χ0) is 16.4. The highest BCUT2D eigenvalue weighted by atomic mass is 16.3. The Hall–Kier alpha value is -2.91. The van der Waals surface area contributed by atoms with Crippen LogP contribution in [-0.2, 0) is 6.42 Å². The van der Waals surface area contributed by atoms with Gasteiger partial charge in [0.1, 0.15) is 6.23 Å². The smallest absolute Gasteiger partial charge is 0.128 e. The molecule has 3 nitrogen and oxygen atoms in total. The third-order valence-corrected chi connectivity index (χ3v) is 4.17. The molecule has 1 unspecified atom stereocenters. The number of benzene rings is 3. The van der Waals surface area contributed by atoms with Crippen LogP contribution in [0.2, 0.25) is 0 Å². The Kier molecular flexibility index (Phi) is 3.85. The van der Waals surface area contributed by atoms with Crippen molar-refractivity contribution in [1.29, 1.82) is 0 Å². The Labute approximate surface area is 140 Å². The quantitative estimate of drug-likeness (QED) is 0.434. The fourth-order valence-electron chi connectivity index (χ4n) is 3.05. The number of aromatic nitrogens is 1. The van der Waals surface area contributed by atoms with Crippen LogP contribution in [0.25, 0.3) is 21.8 Å². The maximum absolute atomic E-state index is 10.5. The summed E-state index contributed by atoms with van der Waals surface area (Å²) in [4.78, 5) is 4.71. The standard InChI is InChI=1S/C21H18N2O/c24-20(14-15-8-2-1-3-9-15)23-21-16-10-4-6-12-18(16)22-19-13-7-5-11-17(19)21/h1-13,20,24H,14H2,(H,22,23). The third kappa shape index (κ3) is 2.82. The molecule has 0 aliphatic heterocycles. The minimum atomic E-state index is -0.665. The minimum Gasteiger partial charge on any atom is -0.373 e. The Morgan fingerprint density at radius 1 is 0.750 bits per heavy atom. The van der Waals surface area contributed by atoms with Crippen molar-refractivity contribution in [2.24, 2.45) is 0 Å². The lowest BCUT2D eigenvalue weighted by Crippen LogP contribution is -2.21. The Morgan fingerprint density at radius 2 is 1.29 bits per heavy atom. The maximum atomic E-state index is 10.5. The minimum absolute atomic E-state index is 0.547. The van der Waals surface area contributed by atoms with Crippen LogP contribution in [0.15, 0.2) is 78.9 Å². The second kappa shape index (κ2) is 6.30. The number of para-hydroxylation sites is 2. The Morgan fingerprint density at radius 3 is 1.92 bits per heavy atom. The zero-order valence-corrected chi connectivity index (χ0v) is 13.2. The maximum Gasteiger partial charge on any atom is 0.128 e. The summed E-state index contributed by atoms with van der Waals surface area (Å²) >= 11 is 0. The lowest BCUT2D eigenvalue weighted by Gasteiger charge is -2.18. The molecule has 1 aromatic heterocycles. The van der Waals surface area contributed by atoms with E-state index in [0.29, 0.717) is 6.42 Å². The van der Waals surface area contributed by atoms with Gasteiger partial charge < -0.3 is 10.4 Å². The molecule has 4 aromatic rings. The predicted molar refractivity (Wildman–Crippen MR) is 99.0 cm³/mol. The summed E-state index contributed by atoms with van der Waals surface area (Å²) in [5.41, 5.74) is 3.87. The zero-order valence-electron chi connectivity index (χ0n) is 13.2. The number of nitrogens with one attached hydrogen (secondary N) is 1. The Balaban J connectivity index is 1.76. The van der Waals surface area contributed by atoms with E-state index in [0.717, 1.165) is 33.1 Å². The molecule has 0 saturated heterocycles. The number of aliphatic hydroxyl groups excluding tert-OH is 1. The molecule has 0 saturated carbocycles. The predicted octanol–water partition coefficient (Wildman–Crippen LogP) is 4.36. The van der Waals surface area contributed by atoms with E-state index in [-0.39, 0.29) is 0 Å². The van der Waals surface area contributed by atoms with E-state index >= 15 is 0 Å². The first-order valence-electron chi connectivity index (χ1n) is 8.07. The van der Waals surface area contributed by atoms with Crippen molar-refractivity contribution >= 4 is 27.5 Å². The summed E-state index contributed by atoms with van der Waals surface area (Å²) in [6.07, 6.45) is -0.118. The van der Waals surface area contributed by atoms with E-state index in [1.54, 1.807) is 0 Å². The van der Waals surface area contributed by atoms with Crippen molar-refractivity contribution in [3.05, 3.63) is 84.4 Å². The van der Waals surface area contributed by atoms with Crippen LogP contribution in [0, 0.1) is 0 Å². The van der Waals surface area contributed by atoms with Crippen molar-refractivity contribution in [2.45, 2.75) is 12.6 Å². The van der Waals surface area contributed by atoms with Crippen LogP contribution in [0.4, 0.5) is 5.69 Å². The van der Waals surface area contributed by atoms with Crippen LogP contribution < -0.4 is 5.32 Å². The molecule has 3 aromatic carbocycles. The molecule has 2 N–H and O–H groups in total. The largest absolute Gasteiger partial charge is 0.373 e. The summed E-state index contributed by atoms with van der Waals surface area (Å²) in [7, 11) is 0. The molecular formula is C21H18N2O. The molecule has 0 aliphatic carbocycles. The van der Waals surface area contributed by atoms with E-state index in [9.17, 15) is 5.11 Å². The average molecular weight is 314 g/mol. The number of anilines is 1. The molecule has 0 spiro atoms. The van der Waals surface area contributed by atoms with E-state index < -0.39 is 6.23 Å². The highest BCUT2D eigenvalue weighted by molar-refractivity contribution is 6.07. The number of hydrogen-bond acceptors (Lipinski definition) is 3. The number of fused-ring (bicyclic) bond motifs is 2. The molecular weight excluding hydrogens is 296 g/mol. The van der Waals surface area contributed by atoms with Gasteiger partial charge in [0, 0.05) is 17.2 Å². The number of nitrogens with zero attached hydrogens (tertiary/aromatic N) is 1. The second-order valence-corrected chi connectivity index (χ2v) is 5.87. The molecule has 0 bridgehead atoms. The summed E-state index contributed by atoms with van der Waals surface area (Å²) in [6, 6.07) is 26.0. The molecule has 118 valence electrons. The van der Waals surface area contributed by atoms with Crippen LogP contribution >= 0.6 is 0 Å². The van der Waals surface area contributed by atoms with Crippen molar-refractivity contribution in [1.82, 2.24) is 4.98 Å². The monoisotopic (exact) mass is 314 g/mol. The van der Waals surface area contributed by atoms with Gasteiger partial charge in [-0.05, 0) is 17.7 Å². The number of rotatable bonds is 4. The summed E-state index contributed by atoms with van der Waals surface area (Å²) in [5.74, 6) is 0. The third-order valence-electron chi connectivity index (χ3n) is 4.17. The van der Waals surface area contributed by atoms with Gasteiger partial charge in [0.25, 0.3) is 0 Å². The molecule has 0 aliphatic rings. The van der Waals surface area contributed by atoms with Crippen LogP contribution in [0.3, 0.4) is 0 Å². The molecule has 1 heterocycles. The summed E-state index contributed by atoms with van der Waals surface area (Å²) in [6.45, 7) is 0. The van der Waals surface area contributed by atoms with Crippen molar-refractivity contribution in [2.75, 3.05) is 5.32 Å². The first-order chi connectivity index (χ1) is 11.8. The van der Waals surface area contributed by atoms with Gasteiger partial charge in [-0.3, -0.25) is 0 Å². The van der Waals surface area contributed by atoms with Crippen LogP contribution in [0.1, 0.15) is 5.56 Å². The van der Waals surface area contributed by atoms with Gasteiger partial charge in [0.2, 0.25) is 0 Å². The number of pyridine rings is 1. The van der Waals surface area contributed by atoms with Gasteiger partial charge in [0.15, 0.2) is 0 Å². The van der Waals surface area contributed by atoms with Crippen LogP contribution in [0.5, 0.6) is 0 Å². The SMILES string of the molecule is OC(Cc1ccccc1)Nc1c2ccccc2nc2ccccc12. The highest BCUT2D eigenvalue weighted by Gasteiger charge is 2.12. The fraction of sp³-hybridized carbons (Fsp3) is 0.0952. The lowest BCUT2D eigenvalue weighted by molar-refractivity contribution is 0.204. The van der Waals surface area contributed by atoms with Gasteiger partial charge in [-0.25, -0.2) is 4.98 Å².